The molecule has 0 saturated heterocycles. The van der Waals surface area contributed by atoms with Gasteiger partial charge in [0, 0.05) is 6.54 Å². The zero-order valence-electron chi connectivity index (χ0n) is 9.84. The second-order valence-corrected chi connectivity index (χ2v) is 4.03. The van der Waals surface area contributed by atoms with Crippen molar-refractivity contribution in [3.05, 3.63) is 65.5 Å². The van der Waals surface area contributed by atoms with Gasteiger partial charge in [0.2, 0.25) is 0 Å². The topological polar surface area (TPSA) is 12.0 Å². The van der Waals surface area contributed by atoms with Gasteiger partial charge in [-0.3, -0.25) is 0 Å². The standard InChI is InChI=1S/C14H11F4N/c15-12-8-11(14(16,17)18)6-7-13(12)19-9-10-4-2-1-3-5-10/h1-8,19H,9H2. The molecule has 1 N–H and O–H groups in total. The van der Waals surface area contributed by atoms with Gasteiger partial charge in [0.05, 0.1) is 11.3 Å². The molecular weight excluding hydrogens is 258 g/mol. The molecule has 2 aromatic rings. The van der Waals surface area contributed by atoms with Gasteiger partial charge in [-0.25, -0.2) is 4.39 Å². The Morgan fingerprint density at radius 3 is 2.21 bits per heavy atom. The van der Waals surface area contributed by atoms with Crippen LogP contribution in [0.1, 0.15) is 11.1 Å². The highest BCUT2D eigenvalue weighted by atomic mass is 19.4. The van der Waals surface area contributed by atoms with E-state index in [9.17, 15) is 17.6 Å². The first kappa shape index (κ1) is 13.4. The highest BCUT2D eigenvalue weighted by Crippen LogP contribution is 2.31. The summed E-state index contributed by atoms with van der Waals surface area (Å²) in [6.07, 6.45) is -4.53. The summed E-state index contributed by atoms with van der Waals surface area (Å²) in [6, 6.07) is 11.7. The summed E-state index contributed by atoms with van der Waals surface area (Å²) in [4.78, 5) is 0. The fourth-order valence-corrected chi connectivity index (χ4v) is 1.63. The number of rotatable bonds is 3. The molecule has 0 atom stereocenters. The minimum atomic E-state index is -4.53. The van der Waals surface area contributed by atoms with Crippen molar-refractivity contribution in [1.82, 2.24) is 0 Å². The molecule has 0 saturated carbocycles. The molecule has 100 valence electrons. The maximum Gasteiger partial charge on any atom is 0.416 e. The van der Waals surface area contributed by atoms with Crippen molar-refractivity contribution in [1.29, 1.82) is 0 Å². The molecule has 0 bridgehead atoms. The molecule has 0 unspecified atom stereocenters. The molecule has 0 aliphatic heterocycles. The van der Waals surface area contributed by atoms with Crippen LogP contribution in [0.25, 0.3) is 0 Å². The van der Waals surface area contributed by atoms with Gasteiger partial charge in [0.25, 0.3) is 0 Å². The first-order chi connectivity index (χ1) is 8.97. The summed E-state index contributed by atoms with van der Waals surface area (Å²) in [5.74, 6) is -0.911. The summed E-state index contributed by atoms with van der Waals surface area (Å²) >= 11 is 0. The molecule has 0 aromatic heterocycles. The molecule has 0 spiro atoms. The van der Waals surface area contributed by atoms with Crippen molar-refractivity contribution >= 4 is 5.69 Å². The Labute approximate surface area is 107 Å². The van der Waals surface area contributed by atoms with E-state index in [1.54, 1.807) is 0 Å². The van der Waals surface area contributed by atoms with Gasteiger partial charge in [0.1, 0.15) is 5.82 Å². The van der Waals surface area contributed by atoms with Crippen LogP contribution in [-0.2, 0) is 12.7 Å². The van der Waals surface area contributed by atoms with Crippen molar-refractivity contribution in [3.8, 4) is 0 Å². The summed E-state index contributed by atoms with van der Waals surface area (Å²) in [6.45, 7) is 0.350. The number of hydrogen-bond acceptors (Lipinski definition) is 1. The van der Waals surface area contributed by atoms with Crippen LogP contribution in [0, 0.1) is 5.82 Å². The van der Waals surface area contributed by atoms with Gasteiger partial charge in [-0.05, 0) is 23.8 Å². The molecule has 0 aliphatic carbocycles. The first-order valence-electron chi connectivity index (χ1n) is 5.61. The molecule has 0 aliphatic rings. The molecule has 0 amide bonds. The monoisotopic (exact) mass is 269 g/mol. The third kappa shape index (κ3) is 3.47. The molecule has 19 heavy (non-hydrogen) atoms. The maximum absolute atomic E-state index is 13.5. The van der Waals surface area contributed by atoms with Crippen LogP contribution < -0.4 is 5.32 Å². The third-order valence-electron chi connectivity index (χ3n) is 2.62. The van der Waals surface area contributed by atoms with Crippen LogP contribution in [-0.4, -0.2) is 0 Å². The van der Waals surface area contributed by atoms with E-state index >= 15 is 0 Å². The van der Waals surface area contributed by atoms with Gasteiger partial charge in [0.15, 0.2) is 0 Å². The lowest BCUT2D eigenvalue weighted by Crippen LogP contribution is -2.07. The summed E-state index contributed by atoms with van der Waals surface area (Å²) in [7, 11) is 0. The van der Waals surface area contributed by atoms with Crippen molar-refractivity contribution in [2.75, 3.05) is 5.32 Å². The third-order valence-corrected chi connectivity index (χ3v) is 2.62. The molecule has 2 rings (SSSR count). The summed E-state index contributed by atoms with van der Waals surface area (Å²) in [5, 5.41) is 2.77. The van der Waals surface area contributed by atoms with E-state index in [1.165, 1.54) is 0 Å². The second kappa shape index (κ2) is 5.30. The van der Waals surface area contributed by atoms with Crippen LogP contribution in [0.3, 0.4) is 0 Å². The van der Waals surface area contributed by atoms with Crippen molar-refractivity contribution in [3.63, 3.8) is 0 Å². The maximum atomic E-state index is 13.5. The molecule has 1 nitrogen and oxygen atoms in total. The minimum absolute atomic E-state index is 0.0526. The average Bonchev–Trinajstić information content (AvgIpc) is 2.37. The normalized spacial score (nSPS) is 11.4. The Balaban J connectivity index is 2.10. The van der Waals surface area contributed by atoms with Gasteiger partial charge < -0.3 is 5.32 Å². The smallest absolute Gasteiger partial charge is 0.379 e. The van der Waals surface area contributed by atoms with Crippen molar-refractivity contribution < 1.29 is 17.6 Å². The molecule has 2 aromatic carbocycles. The van der Waals surface area contributed by atoms with Gasteiger partial charge in [-0.2, -0.15) is 13.2 Å². The van der Waals surface area contributed by atoms with Crippen LogP contribution in [0.5, 0.6) is 0 Å². The zero-order valence-corrected chi connectivity index (χ0v) is 9.84. The predicted molar refractivity (Wildman–Crippen MR) is 65.2 cm³/mol. The van der Waals surface area contributed by atoms with Gasteiger partial charge >= 0.3 is 6.18 Å². The number of anilines is 1. The largest absolute Gasteiger partial charge is 0.416 e. The SMILES string of the molecule is Fc1cc(C(F)(F)F)ccc1NCc1ccccc1. The Bertz CT molecular complexity index is 549. The quantitative estimate of drug-likeness (QED) is 0.811. The molecule has 0 radical (unpaired) electrons. The Morgan fingerprint density at radius 1 is 0.947 bits per heavy atom. The van der Waals surface area contributed by atoms with Crippen molar-refractivity contribution in [2.24, 2.45) is 0 Å². The summed E-state index contributed by atoms with van der Waals surface area (Å²) < 4.78 is 50.6. The van der Waals surface area contributed by atoms with E-state index in [0.717, 1.165) is 17.7 Å². The fourth-order valence-electron chi connectivity index (χ4n) is 1.63. The number of hydrogen-bond donors (Lipinski definition) is 1. The number of halogens is 4. The van der Waals surface area contributed by atoms with E-state index in [4.69, 9.17) is 0 Å². The van der Waals surface area contributed by atoms with Crippen LogP contribution in [0.15, 0.2) is 48.5 Å². The van der Waals surface area contributed by atoms with Crippen molar-refractivity contribution in [2.45, 2.75) is 12.7 Å². The molecule has 0 fully saturated rings. The minimum Gasteiger partial charge on any atom is -0.379 e. The zero-order chi connectivity index (χ0) is 13.9. The van der Waals surface area contributed by atoms with E-state index in [1.807, 2.05) is 30.3 Å². The van der Waals surface area contributed by atoms with E-state index in [2.05, 4.69) is 5.32 Å². The Hall–Kier alpha value is -2.04. The number of alkyl halides is 3. The summed E-state index contributed by atoms with van der Waals surface area (Å²) in [5.41, 5.74) is -0.0195. The fraction of sp³-hybridized carbons (Fsp3) is 0.143. The number of benzene rings is 2. The lowest BCUT2D eigenvalue weighted by molar-refractivity contribution is -0.137. The second-order valence-electron chi connectivity index (χ2n) is 4.03. The molecule has 5 heteroatoms. The van der Waals surface area contributed by atoms with E-state index in [0.29, 0.717) is 12.6 Å². The van der Waals surface area contributed by atoms with Crippen LogP contribution in [0.2, 0.25) is 0 Å². The average molecular weight is 269 g/mol. The highest BCUT2D eigenvalue weighted by molar-refractivity contribution is 5.47. The predicted octanol–water partition coefficient (Wildman–Crippen LogP) is 4.46. The number of nitrogens with one attached hydrogen (secondary N) is 1. The van der Waals surface area contributed by atoms with Crippen LogP contribution >= 0.6 is 0 Å². The molecular formula is C14H11F4N. The van der Waals surface area contributed by atoms with E-state index in [-0.39, 0.29) is 5.69 Å². The Kier molecular flexibility index (Phi) is 3.74. The van der Waals surface area contributed by atoms with E-state index < -0.39 is 17.6 Å². The first-order valence-corrected chi connectivity index (χ1v) is 5.61. The lowest BCUT2D eigenvalue weighted by Gasteiger charge is -2.11. The van der Waals surface area contributed by atoms with Gasteiger partial charge in [-0.1, -0.05) is 30.3 Å². The molecule has 0 heterocycles. The van der Waals surface area contributed by atoms with Gasteiger partial charge in [-0.15, -0.1) is 0 Å². The lowest BCUT2D eigenvalue weighted by atomic mass is 10.1. The van der Waals surface area contributed by atoms with Crippen LogP contribution in [0.4, 0.5) is 23.2 Å². The highest BCUT2D eigenvalue weighted by Gasteiger charge is 2.31. The Morgan fingerprint density at radius 2 is 1.63 bits per heavy atom.